The predicted molar refractivity (Wildman–Crippen MR) is 73.7 cm³/mol. The number of nitrogens with zero attached hydrogens (tertiary/aromatic N) is 1. The fourth-order valence-electron chi connectivity index (χ4n) is 2.44. The summed E-state index contributed by atoms with van der Waals surface area (Å²) in [7, 11) is 0. The first-order valence-corrected chi connectivity index (χ1v) is 6.77. The number of carboxylic acid groups (broad SMARTS) is 1. The number of carbonyl (C=O) groups excluding carboxylic acids is 1. The molecule has 0 spiro atoms. The lowest BCUT2D eigenvalue weighted by molar-refractivity contribution is -0.140. The molecular formula is C15H19NO4. The lowest BCUT2D eigenvalue weighted by Crippen LogP contribution is -2.39. The smallest absolute Gasteiger partial charge is 0.305 e. The minimum Gasteiger partial charge on any atom is -0.484 e. The van der Waals surface area contributed by atoms with Crippen LogP contribution in [-0.2, 0) is 9.59 Å². The summed E-state index contributed by atoms with van der Waals surface area (Å²) in [5, 5.41) is 8.84. The number of rotatable bonds is 5. The summed E-state index contributed by atoms with van der Waals surface area (Å²) < 4.78 is 5.45. The van der Waals surface area contributed by atoms with Crippen molar-refractivity contribution in [2.75, 3.05) is 13.2 Å². The van der Waals surface area contributed by atoms with Crippen LogP contribution in [0.15, 0.2) is 24.3 Å². The van der Waals surface area contributed by atoms with Gasteiger partial charge in [-0.05, 0) is 31.9 Å². The third-order valence-electron chi connectivity index (χ3n) is 3.49. The van der Waals surface area contributed by atoms with Crippen LogP contribution in [0, 0.1) is 6.92 Å². The number of hydrogen-bond donors (Lipinski definition) is 1. The van der Waals surface area contributed by atoms with Gasteiger partial charge in [-0.2, -0.15) is 0 Å². The van der Waals surface area contributed by atoms with Crippen molar-refractivity contribution in [2.24, 2.45) is 0 Å². The van der Waals surface area contributed by atoms with Crippen LogP contribution in [0.3, 0.4) is 0 Å². The van der Waals surface area contributed by atoms with E-state index in [-0.39, 0.29) is 25.0 Å². The van der Waals surface area contributed by atoms with E-state index in [2.05, 4.69) is 0 Å². The van der Waals surface area contributed by atoms with Gasteiger partial charge >= 0.3 is 5.97 Å². The fourth-order valence-corrected chi connectivity index (χ4v) is 2.44. The average molecular weight is 277 g/mol. The fraction of sp³-hybridized carbons (Fsp3) is 0.467. The highest BCUT2D eigenvalue weighted by Gasteiger charge is 2.30. The summed E-state index contributed by atoms with van der Waals surface area (Å²) >= 11 is 0. The quantitative estimate of drug-likeness (QED) is 0.891. The number of aryl methyl sites for hydroxylation is 1. The van der Waals surface area contributed by atoms with Crippen LogP contribution in [0.25, 0.3) is 0 Å². The molecule has 20 heavy (non-hydrogen) atoms. The van der Waals surface area contributed by atoms with Crippen molar-refractivity contribution in [3.63, 3.8) is 0 Å². The van der Waals surface area contributed by atoms with E-state index in [0.29, 0.717) is 12.3 Å². The molecule has 1 atom stereocenters. The predicted octanol–water partition coefficient (Wildman–Crippen LogP) is 1.84. The molecule has 1 aliphatic heterocycles. The van der Waals surface area contributed by atoms with Gasteiger partial charge in [0, 0.05) is 12.6 Å². The van der Waals surface area contributed by atoms with Crippen LogP contribution in [0.5, 0.6) is 5.75 Å². The molecule has 0 saturated carbocycles. The second kappa shape index (κ2) is 6.41. The number of aliphatic carboxylic acids is 1. The largest absolute Gasteiger partial charge is 0.484 e. The molecule has 1 amide bonds. The standard InChI is InChI=1S/C15H19NO4/c1-11-4-6-13(7-5-11)20-10-14(17)16-8-2-3-12(16)9-15(18)19/h4-7,12H,2-3,8-10H2,1H3,(H,18,19). The molecule has 1 aliphatic rings. The summed E-state index contributed by atoms with van der Waals surface area (Å²) in [6.45, 7) is 2.56. The maximum atomic E-state index is 12.1. The van der Waals surface area contributed by atoms with Crippen molar-refractivity contribution in [1.29, 1.82) is 0 Å². The molecule has 5 nitrogen and oxygen atoms in total. The Balaban J connectivity index is 1.87. The van der Waals surface area contributed by atoms with Gasteiger partial charge < -0.3 is 14.7 Å². The average Bonchev–Trinajstić information content (AvgIpc) is 2.85. The number of carboxylic acids is 1. The van der Waals surface area contributed by atoms with Gasteiger partial charge in [0.15, 0.2) is 6.61 Å². The van der Waals surface area contributed by atoms with Crippen LogP contribution in [0.1, 0.15) is 24.8 Å². The Morgan fingerprint density at radius 2 is 2.05 bits per heavy atom. The van der Waals surface area contributed by atoms with E-state index in [1.54, 1.807) is 4.90 Å². The van der Waals surface area contributed by atoms with Crippen molar-refractivity contribution in [3.05, 3.63) is 29.8 Å². The Morgan fingerprint density at radius 1 is 1.35 bits per heavy atom. The summed E-state index contributed by atoms with van der Waals surface area (Å²) in [5.74, 6) is -0.360. The molecule has 1 aromatic carbocycles. The van der Waals surface area contributed by atoms with E-state index in [1.807, 2.05) is 31.2 Å². The highest BCUT2D eigenvalue weighted by atomic mass is 16.5. The Labute approximate surface area is 118 Å². The zero-order valence-electron chi connectivity index (χ0n) is 11.5. The van der Waals surface area contributed by atoms with E-state index in [1.165, 1.54) is 0 Å². The lowest BCUT2D eigenvalue weighted by Gasteiger charge is -2.23. The Morgan fingerprint density at radius 3 is 2.70 bits per heavy atom. The molecule has 1 fully saturated rings. The van der Waals surface area contributed by atoms with Crippen molar-refractivity contribution in [2.45, 2.75) is 32.2 Å². The van der Waals surface area contributed by atoms with Gasteiger partial charge in [0.1, 0.15) is 5.75 Å². The molecule has 1 unspecified atom stereocenters. The van der Waals surface area contributed by atoms with Crippen molar-refractivity contribution >= 4 is 11.9 Å². The van der Waals surface area contributed by atoms with Crippen molar-refractivity contribution in [1.82, 2.24) is 4.90 Å². The first-order chi connectivity index (χ1) is 9.56. The second-order valence-electron chi connectivity index (χ2n) is 5.08. The molecule has 0 radical (unpaired) electrons. The molecule has 2 rings (SSSR count). The van der Waals surface area contributed by atoms with Crippen molar-refractivity contribution < 1.29 is 19.4 Å². The molecule has 1 N–H and O–H groups in total. The number of likely N-dealkylation sites (tertiary alicyclic amines) is 1. The van der Waals surface area contributed by atoms with Gasteiger partial charge in [-0.25, -0.2) is 0 Å². The minimum absolute atomic E-state index is 0.0102. The number of amides is 1. The maximum absolute atomic E-state index is 12.1. The monoisotopic (exact) mass is 277 g/mol. The Hall–Kier alpha value is -2.04. The molecular weight excluding hydrogens is 258 g/mol. The van der Waals surface area contributed by atoms with Crippen molar-refractivity contribution in [3.8, 4) is 5.75 Å². The number of ether oxygens (including phenoxy) is 1. The molecule has 108 valence electrons. The van der Waals surface area contributed by atoms with Crippen LogP contribution >= 0.6 is 0 Å². The number of carbonyl (C=O) groups is 2. The normalized spacial score (nSPS) is 18.1. The molecule has 1 aromatic rings. The highest BCUT2D eigenvalue weighted by molar-refractivity contribution is 5.79. The Bertz CT molecular complexity index is 483. The molecule has 0 bridgehead atoms. The Kier molecular flexibility index (Phi) is 4.61. The second-order valence-corrected chi connectivity index (χ2v) is 5.08. The van der Waals surface area contributed by atoms with E-state index in [9.17, 15) is 9.59 Å². The van der Waals surface area contributed by atoms with Crippen LogP contribution in [0.4, 0.5) is 0 Å². The van der Waals surface area contributed by atoms with E-state index < -0.39 is 5.97 Å². The first-order valence-electron chi connectivity index (χ1n) is 6.77. The maximum Gasteiger partial charge on any atom is 0.305 e. The third kappa shape index (κ3) is 3.73. The summed E-state index contributed by atoms with van der Waals surface area (Å²) in [6.07, 6.45) is 1.62. The first kappa shape index (κ1) is 14.4. The van der Waals surface area contributed by atoms with Crippen LogP contribution < -0.4 is 4.74 Å². The highest BCUT2D eigenvalue weighted by Crippen LogP contribution is 2.20. The van der Waals surface area contributed by atoms with Gasteiger partial charge in [-0.3, -0.25) is 9.59 Å². The van der Waals surface area contributed by atoms with E-state index in [4.69, 9.17) is 9.84 Å². The van der Waals surface area contributed by atoms with Gasteiger partial charge in [0.25, 0.3) is 5.91 Å². The molecule has 0 aliphatic carbocycles. The minimum atomic E-state index is -0.867. The topological polar surface area (TPSA) is 66.8 Å². The SMILES string of the molecule is Cc1ccc(OCC(=O)N2CCCC2CC(=O)O)cc1. The van der Waals surface area contributed by atoms with Crippen LogP contribution in [0.2, 0.25) is 0 Å². The van der Waals surface area contributed by atoms with Gasteiger partial charge in [0.05, 0.1) is 6.42 Å². The summed E-state index contributed by atoms with van der Waals surface area (Å²) in [6, 6.07) is 7.29. The summed E-state index contributed by atoms with van der Waals surface area (Å²) in [5.41, 5.74) is 1.13. The van der Waals surface area contributed by atoms with Gasteiger partial charge in [0.2, 0.25) is 0 Å². The van der Waals surface area contributed by atoms with Gasteiger partial charge in [-0.15, -0.1) is 0 Å². The summed E-state index contributed by atoms with van der Waals surface area (Å²) in [4.78, 5) is 24.5. The van der Waals surface area contributed by atoms with E-state index >= 15 is 0 Å². The molecule has 1 heterocycles. The van der Waals surface area contributed by atoms with Gasteiger partial charge in [-0.1, -0.05) is 17.7 Å². The van der Waals surface area contributed by atoms with Crippen LogP contribution in [-0.4, -0.2) is 41.1 Å². The lowest BCUT2D eigenvalue weighted by atomic mass is 10.1. The zero-order chi connectivity index (χ0) is 14.5. The number of hydrogen-bond acceptors (Lipinski definition) is 3. The van der Waals surface area contributed by atoms with E-state index in [0.717, 1.165) is 18.4 Å². The number of benzene rings is 1. The molecule has 5 heteroatoms. The zero-order valence-corrected chi connectivity index (χ0v) is 11.5. The molecule has 1 saturated heterocycles. The molecule has 0 aromatic heterocycles. The third-order valence-corrected chi connectivity index (χ3v) is 3.49.